The molecule has 0 saturated heterocycles. The Hall–Kier alpha value is 0.210. The van der Waals surface area contributed by atoms with E-state index >= 15 is 0 Å². The Bertz CT molecular complexity index is 48.8. The van der Waals surface area contributed by atoms with Crippen molar-refractivity contribution in [3.05, 3.63) is 0 Å². The monoisotopic (exact) mass is 267 g/mol. The van der Waals surface area contributed by atoms with E-state index in [1.807, 2.05) is 0 Å². The van der Waals surface area contributed by atoms with Gasteiger partial charge in [0.25, 0.3) is 0 Å². The molecule has 1 aliphatic heterocycles. The van der Waals surface area contributed by atoms with Crippen molar-refractivity contribution in [3.63, 3.8) is 0 Å². The first-order valence-electron chi connectivity index (χ1n) is 1.53. The first-order chi connectivity index (χ1) is 2.50. The van der Waals surface area contributed by atoms with Crippen molar-refractivity contribution in [1.82, 2.24) is 0 Å². The van der Waals surface area contributed by atoms with Gasteiger partial charge in [0, 0.05) is 6.54 Å². The van der Waals surface area contributed by atoms with Crippen molar-refractivity contribution < 1.29 is 27.1 Å². The van der Waals surface area contributed by atoms with Gasteiger partial charge in [-0.15, -0.1) is 0 Å². The van der Waals surface area contributed by atoms with Crippen LogP contribution < -0.4 is 0 Å². The van der Waals surface area contributed by atoms with Gasteiger partial charge in [-0.2, -0.15) is 0 Å². The topological polar surface area (TPSA) is 21.6 Å². The van der Waals surface area contributed by atoms with Crippen molar-refractivity contribution in [2.45, 2.75) is 0 Å². The molecular weight excluding hydrogens is 263 g/mol. The van der Waals surface area contributed by atoms with Crippen LogP contribution in [-0.2, 0) is 27.1 Å². The van der Waals surface area contributed by atoms with Crippen LogP contribution in [0.1, 0.15) is 0 Å². The molecule has 3 heteroatoms. The van der Waals surface area contributed by atoms with Gasteiger partial charge in [0.1, 0.15) is 0 Å². The van der Waals surface area contributed by atoms with Crippen LogP contribution in [0.4, 0.5) is 0 Å². The normalized spacial score (nSPS) is 16.0. The molecule has 0 unspecified atom stereocenters. The van der Waals surface area contributed by atoms with E-state index < -0.39 is 0 Å². The maximum absolute atomic E-state index is 4.53. The number of aliphatic imine (C=N–C) groups is 1. The van der Waals surface area contributed by atoms with Crippen LogP contribution in [0.3, 0.4) is 0 Å². The van der Waals surface area contributed by atoms with Gasteiger partial charge >= 0.3 is 22.4 Å². The molecular formula is C3H4AuNO. The molecule has 0 aliphatic carbocycles. The second kappa shape index (κ2) is 3.40. The average molecular weight is 267 g/mol. The fraction of sp³-hybridized carbons (Fsp3) is 0.667. The average Bonchev–Trinajstić information content (AvgIpc) is 1.76. The molecule has 6 heavy (non-hydrogen) atoms. The minimum Gasteiger partial charge on any atom is -0.674 e. The van der Waals surface area contributed by atoms with Crippen LogP contribution in [-0.4, -0.2) is 19.6 Å². The summed E-state index contributed by atoms with van der Waals surface area (Å²) in [5, 5.41) is 0. The third-order valence-electron chi connectivity index (χ3n) is 0.434. The fourth-order valence-corrected chi connectivity index (χ4v) is 0.228. The summed E-state index contributed by atoms with van der Waals surface area (Å²) in [6.45, 7) is 1.51. The summed E-state index contributed by atoms with van der Waals surface area (Å²) in [4.78, 5) is 3.61. The molecule has 1 rings (SSSR count). The first kappa shape index (κ1) is 6.21. The quantitative estimate of drug-likeness (QED) is 0.444. The fourth-order valence-electron chi connectivity index (χ4n) is 0.228. The van der Waals surface area contributed by atoms with Crippen molar-refractivity contribution in [2.75, 3.05) is 13.2 Å². The second-order valence-electron chi connectivity index (χ2n) is 0.821. The molecule has 38 valence electrons. The van der Waals surface area contributed by atoms with Crippen LogP contribution in [0.2, 0.25) is 0 Å². The van der Waals surface area contributed by atoms with E-state index in [1.54, 1.807) is 0 Å². The summed E-state index contributed by atoms with van der Waals surface area (Å²) in [6.07, 6.45) is 2.35. The van der Waals surface area contributed by atoms with Gasteiger partial charge in [-0.3, -0.25) is 0 Å². The Morgan fingerprint density at radius 1 is 1.67 bits per heavy atom. The number of nitrogens with zero attached hydrogens (tertiary/aromatic N) is 1. The number of rotatable bonds is 0. The predicted octanol–water partition coefficient (Wildman–Crippen LogP) is -0.0806. The first-order valence-corrected chi connectivity index (χ1v) is 1.53. The molecule has 1 aliphatic rings. The van der Waals surface area contributed by atoms with Crippen LogP contribution in [0.15, 0.2) is 4.99 Å². The van der Waals surface area contributed by atoms with E-state index in [0.29, 0.717) is 0 Å². The summed E-state index contributed by atoms with van der Waals surface area (Å²) in [7, 11) is 0. The Morgan fingerprint density at radius 2 is 2.50 bits per heavy atom. The minimum absolute atomic E-state index is 0. The summed E-state index contributed by atoms with van der Waals surface area (Å²) in [5.41, 5.74) is 0. The summed E-state index contributed by atoms with van der Waals surface area (Å²) in [6, 6.07) is 0. The van der Waals surface area contributed by atoms with E-state index in [4.69, 9.17) is 0 Å². The number of ether oxygens (including phenoxy) is 1. The molecule has 0 atom stereocenters. The summed E-state index contributed by atoms with van der Waals surface area (Å²) < 4.78 is 4.53. The molecule has 0 radical (unpaired) electrons. The van der Waals surface area contributed by atoms with E-state index in [1.165, 1.54) is 0 Å². The van der Waals surface area contributed by atoms with E-state index in [9.17, 15) is 0 Å². The molecule has 0 bridgehead atoms. The molecule has 0 fully saturated rings. The molecule has 1 heterocycles. The zero-order valence-corrected chi connectivity index (χ0v) is 5.24. The Morgan fingerprint density at radius 3 is 2.67 bits per heavy atom. The maximum Gasteiger partial charge on any atom is 1.00 e. The van der Waals surface area contributed by atoms with Crippen LogP contribution in [0.25, 0.3) is 0 Å². The summed E-state index contributed by atoms with van der Waals surface area (Å²) in [5.74, 6) is 0. The van der Waals surface area contributed by atoms with Gasteiger partial charge < -0.3 is 9.73 Å². The van der Waals surface area contributed by atoms with Crippen LogP contribution in [0.5, 0.6) is 0 Å². The van der Waals surface area contributed by atoms with Crippen molar-refractivity contribution in [2.24, 2.45) is 4.99 Å². The Balaban J connectivity index is 0.000000250. The van der Waals surface area contributed by atoms with E-state index in [-0.39, 0.29) is 22.4 Å². The molecule has 0 aromatic carbocycles. The summed E-state index contributed by atoms with van der Waals surface area (Å²) >= 11 is 0. The smallest absolute Gasteiger partial charge is 0.674 e. The van der Waals surface area contributed by atoms with Crippen molar-refractivity contribution in [3.8, 4) is 0 Å². The number of hydrogen-bond acceptors (Lipinski definition) is 2. The largest absolute Gasteiger partial charge is 1.00 e. The maximum atomic E-state index is 4.53. The number of hydrogen-bond donors (Lipinski definition) is 0. The third kappa shape index (κ3) is 1.60. The molecule has 0 saturated carbocycles. The minimum atomic E-state index is 0. The van der Waals surface area contributed by atoms with Gasteiger partial charge in [0.05, 0.1) is 6.61 Å². The molecule has 0 aromatic heterocycles. The van der Waals surface area contributed by atoms with Gasteiger partial charge in [0.2, 0.25) is 0 Å². The second-order valence-corrected chi connectivity index (χ2v) is 0.821. The molecule has 0 spiro atoms. The molecule has 2 nitrogen and oxygen atoms in total. The predicted molar refractivity (Wildman–Crippen MR) is 18.3 cm³/mol. The van der Waals surface area contributed by atoms with Gasteiger partial charge in [0.15, 0.2) is 0 Å². The third-order valence-corrected chi connectivity index (χ3v) is 0.434. The Kier molecular flexibility index (Phi) is 3.52. The van der Waals surface area contributed by atoms with Gasteiger partial charge in [-0.1, -0.05) is 0 Å². The molecule has 0 amide bonds. The van der Waals surface area contributed by atoms with Crippen molar-refractivity contribution >= 4 is 6.40 Å². The van der Waals surface area contributed by atoms with Gasteiger partial charge in [-0.25, -0.2) is 6.40 Å². The van der Waals surface area contributed by atoms with Gasteiger partial charge in [-0.05, 0) is 0 Å². The SMILES string of the molecule is [Au+].[C-]1=NCCO1. The molecule has 0 aromatic rings. The van der Waals surface area contributed by atoms with E-state index in [2.05, 4.69) is 16.1 Å². The molecule has 0 N–H and O–H groups in total. The zero-order chi connectivity index (χ0) is 3.54. The zero-order valence-electron chi connectivity index (χ0n) is 3.07. The standard InChI is InChI=1S/C3H4NO.Au/c1-2-5-3-4-1;/h1-2H2;/q-1;+1. The van der Waals surface area contributed by atoms with Crippen molar-refractivity contribution in [1.29, 1.82) is 0 Å². The van der Waals surface area contributed by atoms with Crippen LogP contribution in [0, 0.1) is 0 Å². The van der Waals surface area contributed by atoms with E-state index in [0.717, 1.165) is 13.2 Å². The Labute approximate surface area is 52.1 Å². The van der Waals surface area contributed by atoms with Crippen LogP contribution >= 0.6 is 0 Å².